The van der Waals surface area contributed by atoms with Gasteiger partial charge >= 0.3 is 6.18 Å². The average molecular weight is 342 g/mol. The molecule has 0 bridgehead atoms. The number of aromatic nitrogens is 1. The second-order valence-electron chi connectivity index (χ2n) is 3.73. The minimum Gasteiger partial charge on any atom is -0.380 e. The molecule has 0 aliphatic carbocycles. The summed E-state index contributed by atoms with van der Waals surface area (Å²) in [6.45, 7) is 1.68. The molecule has 1 rings (SSSR count). The predicted octanol–water partition coefficient (Wildman–Crippen LogP) is 2.64. The molecule has 0 radical (unpaired) electrons. The molecule has 0 aliphatic heterocycles. The number of rotatable bonds is 7. The van der Waals surface area contributed by atoms with Gasteiger partial charge in [0.05, 0.1) is 12.2 Å². The summed E-state index contributed by atoms with van der Waals surface area (Å²) in [4.78, 5) is 3.74. The van der Waals surface area contributed by atoms with Crippen molar-refractivity contribution < 1.29 is 17.9 Å². The van der Waals surface area contributed by atoms with E-state index in [1.807, 2.05) is 0 Å². The fourth-order valence-corrected chi connectivity index (χ4v) is 1.69. The van der Waals surface area contributed by atoms with E-state index in [1.54, 1.807) is 0 Å². The average Bonchev–Trinajstić information content (AvgIpc) is 2.34. The molecule has 8 heteroatoms. The first-order valence-electron chi connectivity index (χ1n) is 5.69. The van der Waals surface area contributed by atoms with Crippen LogP contribution in [0.5, 0.6) is 0 Å². The van der Waals surface area contributed by atoms with Crippen molar-refractivity contribution in [1.29, 1.82) is 0 Å². The number of pyridine rings is 1. The first-order valence-corrected chi connectivity index (χ1v) is 6.49. The molecular formula is C11H15BrF3N3O. The third-order valence-electron chi connectivity index (χ3n) is 2.18. The minimum absolute atomic E-state index is 0.172. The SMILES string of the molecule is NCCOCCCNc1ncc(Br)cc1C(F)(F)F. The molecule has 1 aromatic heterocycles. The fourth-order valence-electron chi connectivity index (χ4n) is 1.36. The maximum atomic E-state index is 12.8. The van der Waals surface area contributed by atoms with Gasteiger partial charge in [-0.2, -0.15) is 13.2 Å². The first kappa shape index (κ1) is 16.2. The van der Waals surface area contributed by atoms with Crippen molar-refractivity contribution in [3.8, 4) is 0 Å². The Morgan fingerprint density at radius 3 is 2.74 bits per heavy atom. The van der Waals surface area contributed by atoms with Gasteiger partial charge in [-0.25, -0.2) is 4.98 Å². The van der Waals surface area contributed by atoms with Gasteiger partial charge in [-0.05, 0) is 28.4 Å². The Labute approximate surface area is 117 Å². The summed E-state index contributed by atoms with van der Waals surface area (Å²) < 4.78 is 43.7. The molecule has 0 unspecified atom stereocenters. The van der Waals surface area contributed by atoms with Crippen molar-refractivity contribution in [2.24, 2.45) is 5.73 Å². The molecule has 0 saturated heterocycles. The number of alkyl halides is 3. The largest absolute Gasteiger partial charge is 0.419 e. The summed E-state index contributed by atoms with van der Waals surface area (Å²) in [7, 11) is 0. The van der Waals surface area contributed by atoms with Crippen molar-refractivity contribution >= 4 is 21.7 Å². The molecule has 4 nitrogen and oxygen atoms in total. The Balaban J connectivity index is 2.54. The Hall–Kier alpha value is -0.860. The molecule has 19 heavy (non-hydrogen) atoms. The molecule has 0 amide bonds. The highest BCUT2D eigenvalue weighted by atomic mass is 79.9. The lowest BCUT2D eigenvalue weighted by Gasteiger charge is -2.13. The summed E-state index contributed by atoms with van der Waals surface area (Å²) >= 11 is 2.98. The molecule has 108 valence electrons. The van der Waals surface area contributed by atoms with Crippen LogP contribution in [0.25, 0.3) is 0 Å². The number of hydrogen-bond acceptors (Lipinski definition) is 4. The van der Waals surface area contributed by atoms with Gasteiger partial charge in [0.15, 0.2) is 0 Å². The van der Waals surface area contributed by atoms with Crippen LogP contribution in [0.15, 0.2) is 16.7 Å². The molecule has 0 saturated carbocycles. The highest BCUT2D eigenvalue weighted by Gasteiger charge is 2.34. The van der Waals surface area contributed by atoms with Crippen LogP contribution in [0.1, 0.15) is 12.0 Å². The summed E-state index contributed by atoms with van der Waals surface area (Å²) in [6, 6.07) is 1.00. The number of anilines is 1. The van der Waals surface area contributed by atoms with E-state index in [4.69, 9.17) is 10.5 Å². The Kier molecular flexibility index (Phi) is 6.53. The lowest BCUT2D eigenvalue weighted by Crippen LogP contribution is -2.15. The molecule has 0 aromatic carbocycles. The molecular weight excluding hydrogens is 327 g/mol. The van der Waals surface area contributed by atoms with E-state index in [9.17, 15) is 13.2 Å². The van der Waals surface area contributed by atoms with Gasteiger partial charge < -0.3 is 15.8 Å². The molecule has 1 heterocycles. The van der Waals surface area contributed by atoms with Gasteiger partial charge in [0, 0.05) is 30.4 Å². The lowest BCUT2D eigenvalue weighted by molar-refractivity contribution is -0.137. The van der Waals surface area contributed by atoms with Gasteiger partial charge in [0.25, 0.3) is 0 Å². The first-order chi connectivity index (χ1) is 8.95. The van der Waals surface area contributed by atoms with E-state index in [1.165, 1.54) is 6.20 Å². The van der Waals surface area contributed by atoms with E-state index >= 15 is 0 Å². The maximum absolute atomic E-state index is 12.8. The molecule has 1 aromatic rings. The second-order valence-corrected chi connectivity index (χ2v) is 4.64. The third-order valence-corrected chi connectivity index (χ3v) is 2.61. The minimum atomic E-state index is -4.44. The molecule has 0 fully saturated rings. The fraction of sp³-hybridized carbons (Fsp3) is 0.545. The highest BCUT2D eigenvalue weighted by Crippen LogP contribution is 2.35. The second kappa shape index (κ2) is 7.66. The number of hydrogen-bond donors (Lipinski definition) is 2. The summed E-state index contributed by atoms with van der Waals surface area (Å²) in [5.74, 6) is -0.172. The van der Waals surface area contributed by atoms with Gasteiger partial charge in [-0.1, -0.05) is 0 Å². The number of halogens is 4. The van der Waals surface area contributed by atoms with Crippen LogP contribution < -0.4 is 11.1 Å². The summed E-state index contributed by atoms with van der Waals surface area (Å²) in [6.07, 6.45) is -2.54. The quantitative estimate of drug-likeness (QED) is 0.748. The lowest BCUT2D eigenvalue weighted by atomic mass is 10.2. The Morgan fingerprint density at radius 1 is 1.37 bits per heavy atom. The van der Waals surface area contributed by atoms with Crippen LogP contribution in [0.4, 0.5) is 19.0 Å². The van der Waals surface area contributed by atoms with E-state index in [0.29, 0.717) is 32.7 Å². The third kappa shape index (κ3) is 5.75. The van der Waals surface area contributed by atoms with Crippen LogP contribution in [-0.4, -0.2) is 31.3 Å². The van der Waals surface area contributed by atoms with Gasteiger partial charge in [0.1, 0.15) is 5.82 Å². The molecule has 0 spiro atoms. The number of nitrogens with one attached hydrogen (secondary N) is 1. The standard InChI is InChI=1S/C11H15BrF3N3O/c12-8-6-9(11(13,14)15)10(18-7-8)17-3-1-4-19-5-2-16/h6-7H,1-5,16H2,(H,17,18). The van der Waals surface area contributed by atoms with Gasteiger partial charge in [-0.15, -0.1) is 0 Å². The van der Waals surface area contributed by atoms with Crippen molar-refractivity contribution in [2.45, 2.75) is 12.6 Å². The zero-order chi connectivity index (χ0) is 14.3. The van der Waals surface area contributed by atoms with Crippen molar-refractivity contribution in [3.05, 3.63) is 22.3 Å². The summed E-state index contributed by atoms with van der Waals surface area (Å²) in [5.41, 5.74) is 4.45. The van der Waals surface area contributed by atoms with Crippen molar-refractivity contribution in [1.82, 2.24) is 4.98 Å². The number of nitrogens with two attached hydrogens (primary N) is 1. The zero-order valence-corrected chi connectivity index (χ0v) is 11.7. The van der Waals surface area contributed by atoms with Crippen molar-refractivity contribution in [2.75, 3.05) is 31.6 Å². The van der Waals surface area contributed by atoms with Gasteiger partial charge in [-0.3, -0.25) is 0 Å². The normalized spacial score (nSPS) is 11.6. The van der Waals surface area contributed by atoms with Crippen LogP contribution in [-0.2, 0) is 10.9 Å². The topological polar surface area (TPSA) is 60.2 Å². The van der Waals surface area contributed by atoms with E-state index in [2.05, 4.69) is 26.2 Å². The monoisotopic (exact) mass is 341 g/mol. The molecule has 0 atom stereocenters. The van der Waals surface area contributed by atoms with Crippen molar-refractivity contribution in [3.63, 3.8) is 0 Å². The Bertz CT molecular complexity index is 401. The van der Waals surface area contributed by atoms with E-state index in [0.717, 1.165) is 6.07 Å². The highest BCUT2D eigenvalue weighted by molar-refractivity contribution is 9.10. The van der Waals surface area contributed by atoms with E-state index < -0.39 is 11.7 Å². The molecule has 3 N–H and O–H groups in total. The number of nitrogens with zero attached hydrogens (tertiary/aromatic N) is 1. The van der Waals surface area contributed by atoms with Crippen LogP contribution in [0.3, 0.4) is 0 Å². The maximum Gasteiger partial charge on any atom is 0.419 e. The smallest absolute Gasteiger partial charge is 0.380 e. The summed E-state index contributed by atoms with van der Waals surface area (Å²) in [5, 5.41) is 2.66. The zero-order valence-electron chi connectivity index (χ0n) is 10.1. The van der Waals surface area contributed by atoms with E-state index in [-0.39, 0.29) is 10.3 Å². The number of ether oxygens (including phenoxy) is 1. The predicted molar refractivity (Wildman–Crippen MR) is 69.9 cm³/mol. The van der Waals surface area contributed by atoms with Crippen LogP contribution >= 0.6 is 15.9 Å². The van der Waals surface area contributed by atoms with Crippen LogP contribution in [0, 0.1) is 0 Å². The Morgan fingerprint density at radius 2 is 2.11 bits per heavy atom. The van der Waals surface area contributed by atoms with Gasteiger partial charge in [0.2, 0.25) is 0 Å². The van der Waals surface area contributed by atoms with Crippen LogP contribution in [0.2, 0.25) is 0 Å². The molecule has 0 aliphatic rings.